The Morgan fingerprint density at radius 2 is 2.00 bits per heavy atom. The highest BCUT2D eigenvalue weighted by atomic mass is 32.1. The quantitative estimate of drug-likeness (QED) is 0.594. The molecule has 1 aliphatic carbocycles. The Bertz CT molecular complexity index is 1090. The molecule has 2 aliphatic rings. The smallest absolute Gasteiger partial charge is 0.318 e. The van der Waals surface area contributed by atoms with Crippen LogP contribution in [0.3, 0.4) is 0 Å². The van der Waals surface area contributed by atoms with E-state index >= 15 is 0 Å². The molecule has 2 atom stereocenters. The number of thiophene rings is 1. The van der Waals surface area contributed by atoms with E-state index in [0.29, 0.717) is 23.2 Å². The lowest BCUT2D eigenvalue weighted by Gasteiger charge is -2.32. The summed E-state index contributed by atoms with van der Waals surface area (Å²) in [6.45, 7) is 4.37. The predicted octanol–water partition coefficient (Wildman–Crippen LogP) is 4.04. The Kier molecular flexibility index (Phi) is 4.39. The zero-order chi connectivity index (χ0) is 20.9. The number of nitrogens with zero attached hydrogens (tertiary/aromatic N) is 2. The molecule has 0 spiro atoms. The van der Waals surface area contributed by atoms with Gasteiger partial charge in [-0.15, -0.1) is 11.3 Å². The molecule has 3 aromatic rings. The molecular weight excluding hydrogens is 398 g/mol. The Labute approximate surface area is 178 Å². The molecule has 1 aromatic carbocycles. The van der Waals surface area contributed by atoms with Crippen LogP contribution in [0.4, 0.5) is 10.6 Å². The van der Waals surface area contributed by atoms with E-state index in [9.17, 15) is 9.59 Å². The summed E-state index contributed by atoms with van der Waals surface area (Å²) in [5, 5.41) is 15.2. The molecule has 0 saturated heterocycles. The Balaban J connectivity index is 1.28. The number of carbonyl (C=O) groups is 2. The van der Waals surface area contributed by atoms with Crippen LogP contribution >= 0.6 is 11.3 Å². The average Bonchev–Trinajstić information content (AvgIpc) is 3.09. The number of H-pyrrole nitrogens is 1. The van der Waals surface area contributed by atoms with Gasteiger partial charge < -0.3 is 15.5 Å². The highest BCUT2D eigenvalue weighted by Gasteiger charge is 2.46. The van der Waals surface area contributed by atoms with Crippen molar-refractivity contribution in [2.75, 3.05) is 5.32 Å². The number of aromatic nitrogens is 2. The number of fused-ring (bicyclic) bond motifs is 1. The molecule has 0 bridgehead atoms. The van der Waals surface area contributed by atoms with E-state index in [0.717, 1.165) is 17.7 Å². The number of anilines is 1. The van der Waals surface area contributed by atoms with Gasteiger partial charge in [0, 0.05) is 17.5 Å². The lowest BCUT2D eigenvalue weighted by atomic mass is 10.0. The summed E-state index contributed by atoms with van der Waals surface area (Å²) in [5.74, 6) is 0.671. The van der Waals surface area contributed by atoms with Gasteiger partial charge in [0.2, 0.25) is 0 Å². The zero-order valence-electron chi connectivity index (χ0n) is 16.8. The summed E-state index contributed by atoms with van der Waals surface area (Å²) in [5.41, 5.74) is 2.43. The minimum absolute atomic E-state index is 0.0939. The summed E-state index contributed by atoms with van der Waals surface area (Å²) in [6, 6.07) is 14.0. The van der Waals surface area contributed by atoms with Gasteiger partial charge in [0.05, 0.1) is 22.7 Å². The molecule has 0 radical (unpaired) electrons. The fraction of sp³-hybridized carbons (Fsp3) is 0.318. The van der Waals surface area contributed by atoms with E-state index < -0.39 is 5.54 Å². The van der Waals surface area contributed by atoms with Gasteiger partial charge in [0.25, 0.3) is 5.91 Å². The first-order chi connectivity index (χ1) is 14.4. The summed E-state index contributed by atoms with van der Waals surface area (Å²) in [4.78, 5) is 27.9. The van der Waals surface area contributed by atoms with Crippen LogP contribution in [0.2, 0.25) is 0 Å². The van der Waals surface area contributed by atoms with Crippen molar-refractivity contribution in [1.29, 1.82) is 0 Å². The van der Waals surface area contributed by atoms with Crippen LogP contribution in [0.15, 0.2) is 47.8 Å². The van der Waals surface area contributed by atoms with Crippen molar-refractivity contribution in [3.63, 3.8) is 0 Å². The minimum Gasteiger partial charge on any atom is -0.335 e. The highest BCUT2D eigenvalue weighted by molar-refractivity contribution is 7.12. The van der Waals surface area contributed by atoms with E-state index in [4.69, 9.17) is 0 Å². The lowest BCUT2D eigenvalue weighted by Crippen LogP contribution is -2.47. The number of hydrogen-bond donors (Lipinski definition) is 3. The average molecular weight is 422 g/mol. The molecule has 1 saturated carbocycles. The van der Waals surface area contributed by atoms with E-state index in [2.05, 4.69) is 33.0 Å². The Hall–Kier alpha value is -3.13. The minimum atomic E-state index is -0.546. The van der Waals surface area contributed by atoms with Gasteiger partial charge in [0.15, 0.2) is 5.82 Å². The SMILES string of the molecule is CC1(C)c2[nH]nc(NC(=O)c3cccs3)c2CN1C(=O)N[C@H]1C[C@@H]1c1ccccc1. The molecule has 5 rings (SSSR count). The number of benzene rings is 1. The van der Waals surface area contributed by atoms with Crippen molar-refractivity contribution in [3.05, 3.63) is 69.5 Å². The van der Waals surface area contributed by atoms with Gasteiger partial charge in [0.1, 0.15) is 0 Å². The summed E-state index contributed by atoms with van der Waals surface area (Å²) >= 11 is 1.38. The largest absolute Gasteiger partial charge is 0.335 e. The molecule has 3 N–H and O–H groups in total. The second-order valence-corrected chi connectivity index (χ2v) is 9.26. The maximum Gasteiger partial charge on any atom is 0.318 e. The van der Waals surface area contributed by atoms with Crippen molar-refractivity contribution in [3.8, 4) is 0 Å². The van der Waals surface area contributed by atoms with Crippen LogP contribution in [0.5, 0.6) is 0 Å². The summed E-state index contributed by atoms with van der Waals surface area (Å²) < 4.78 is 0. The van der Waals surface area contributed by atoms with Crippen LogP contribution in [0, 0.1) is 0 Å². The van der Waals surface area contributed by atoms with Gasteiger partial charge in [-0.25, -0.2) is 4.79 Å². The fourth-order valence-electron chi connectivity index (χ4n) is 4.18. The predicted molar refractivity (Wildman–Crippen MR) is 116 cm³/mol. The number of hydrogen-bond acceptors (Lipinski definition) is 4. The number of carbonyl (C=O) groups excluding carboxylic acids is 2. The molecule has 154 valence electrons. The number of nitrogens with one attached hydrogen (secondary N) is 3. The molecule has 7 nitrogen and oxygen atoms in total. The van der Waals surface area contributed by atoms with E-state index in [-0.39, 0.29) is 18.0 Å². The number of amides is 3. The Morgan fingerprint density at radius 1 is 1.20 bits per heavy atom. The molecule has 30 heavy (non-hydrogen) atoms. The van der Waals surface area contributed by atoms with Gasteiger partial charge in [-0.1, -0.05) is 36.4 Å². The molecule has 3 heterocycles. The summed E-state index contributed by atoms with van der Waals surface area (Å²) in [6.07, 6.45) is 0.957. The van der Waals surface area contributed by atoms with E-state index in [1.54, 1.807) is 11.0 Å². The van der Waals surface area contributed by atoms with E-state index in [1.165, 1.54) is 16.9 Å². The van der Waals surface area contributed by atoms with Crippen LogP contribution in [-0.4, -0.2) is 33.1 Å². The second kappa shape index (κ2) is 6.98. The molecule has 2 aromatic heterocycles. The molecule has 8 heteroatoms. The number of aromatic amines is 1. The number of urea groups is 1. The molecule has 1 aliphatic heterocycles. The van der Waals surface area contributed by atoms with Gasteiger partial charge in [-0.05, 0) is 37.3 Å². The third kappa shape index (κ3) is 3.17. The van der Waals surface area contributed by atoms with Crippen molar-refractivity contribution in [2.45, 2.75) is 44.3 Å². The topological polar surface area (TPSA) is 90.1 Å². The van der Waals surface area contributed by atoms with Gasteiger partial charge in [-0.2, -0.15) is 5.10 Å². The normalized spacial score (nSPS) is 21.2. The highest BCUT2D eigenvalue weighted by Crippen LogP contribution is 2.43. The zero-order valence-corrected chi connectivity index (χ0v) is 17.6. The number of rotatable bonds is 4. The first kappa shape index (κ1) is 18.9. The molecule has 1 fully saturated rings. The van der Waals surface area contributed by atoms with Gasteiger partial charge >= 0.3 is 6.03 Å². The van der Waals surface area contributed by atoms with Crippen molar-refractivity contribution >= 4 is 29.1 Å². The van der Waals surface area contributed by atoms with Crippen LogP contribution in [0.1, 0.15) is 52.7 Å². The van der Waals surface area contributed by atoms with Gasteiger partial charge in [-0.3, -0.25) is 9.89 Å². The fourth-order valence-corrected chi connectivity index (χ4v) is 4.80. The molecular formula is C22H23N5O2S. The van der Waals surface area contributed by atoms with Crippen molar-refractivity contribution in [1.82, 2.24) is 20.4 Å². The van der Waals surface area contributed by atoms with Crippen LogP contribution in [-0.2, 0) is 12.1 Å². The second-order valence-electron chi connectivity index (χ2n) is 8.31. The third-order valence-electron chi connectivity index (χ3n) is 6.02. The van der Waals surface area contributed by atoms with Crippen LogP contribution < -0.4 is 10.6 Å². The van der Waals surface area contributed by atoms with Crippen molar-refractivity contribution < 1.29 is 9.59 Å². The lowest BCUT2D eigenvalue weighted by molar-refractivity contribution is 0.103. The first-order valence-electron chi connectivity index (χ1n) is 10.0. The maximum atomic E-state index is 13.1. The standard InChI is InChI=1S/C22H23N5O2S/c1-22(2)18-15(19(26-25-18)24-20(28)17-9-6-10-30-17)12-27(22)21(29)23-16-11-14(16)13-7-4-3-5-8-13/h3-10,14,16H,11-12H2,1-2H3,(H,23,29)(H2,24,25,26,28)/t14-,16+/m1/s1. The molecule has 0 unspecified atom stereocenters. The maximum absolute atomic E-state index is 13.1. The molecule has 3 amide bonds. The van der Waals surface area contributed by atoms with Crippen molar-refractivity contribution in [2.24, 2.45) is 0 Å². The first-order valence-corrected chi connectivity index (χ1v) is 10.9. The van der Waals surface area contributed by atoms with Crippen LogP contribution in [0.25, 0.3) is 0 Å². The Morgan fingerprint density at radius 3 is 2.73 bits per heavy atom. The summed E-state index contributed by atoms with van der Waals surface area (Å²) in [7, 11) is 0. The third-order valence-corrected chi connectivity index (χ3v) is 6.89. The monoisotopic (exact) mass is 421 g/mol. The van der Waals surface area contributed by atoms with E-state index in [1.807, 2.05) is 43.5 Å².